The molecule has 1 N–H and O–H groups in total. The number of hydrogen-bond donors (Lipinski definition) is 1. The van der Waals surface area contributed by atoms with Crippen LogP contribution in [0.3, 0.4) is 0 Å². The van der Waals surface area contributed by atoms with E-state index in [9.17, 15) is 13.2 Å². The number of anilines is 1. The molecule has 0 saturated carbocycles. The molecule has 0 aliphatic heterocycles. The molecule has 0 aliphatic carbocycles. The van der Waals surface area contributed by atoms with E-state index in [1.807, 2.05) is 0 Å². The fourth-order valence-corrected chi connectivity index (χ4v) is 1.91. The largest absolute Gasteiger partial charge is 0.573 e. The Labute approximate surface area is 113 Å². The number of pyridine rings is 1. The fraction of sp³-hybridized carbons (Fsp3) is 0.308. The van der Waals surface area contributed by atoms with Crippen LogP contribution in [0.5, 0.6) is 5.75 Å². The first-order chi connectivity index (χ1) is 9.44. The van der Waals surface area contributed by atoms with Gasteiger partial charge >= 0.3 is 6.36 Å². The van der Waals surface area contributed by atoms with Crippen molar-refractivity contribution in [1.82, 2.24) is 4.98 Å². The van der Waals surface area contributed by atoms with Crippen LogP contribution in [0.15, 0.2) is 24.3 Å². The highest BCUT2D eigenvalue weighted by Gasteiger charge is 2.32. The number of fused-ring (bicyclic) bond motifs is 1. The Kier molecular flexibility index (Phi) is 3.99. The lowest BCUT2D eigenvalue weighted by Gasteiger charge is -2.14. The molecule has 0 fully saturated rings. The molecule has 0 aliphatic rings. The van der Waals surface area contributed by atoms with E-state index < -0.39 is 6.36 Å². The van der Waals surface area contributed by atoms with Crippen molar-refractivity contribution >= 4 is 16.6 Å². The van der Waals surface area contributed by atoms with Crippen LogP contribution in [0.2, 0.25) is 0 Å². The molecule has 2 rings (SSSR count). The van der Waals surface area contributed by atoms with Gasteiger partial charge in [0.25, 0.3) is 0 Å². The summed E-state index contributed by atoms with van der Waals surface area (Å²) in [5.41, 5.74) is 1.32. The summed E-state index contributed by atoms with van der Waals surface area (Å²) in [5.74, 6) is -0.329. The highest BCUT2D eigenvalue weighted by atomic mass is 19.4. The van der Waals surface area contributed by atoms with Crippen molar-refractivity contribution in [2.45, 2.75) is 13.0 Å². The highest BCUT2D eigenvalue weighted by Crippen LogP contribution is 2.33. The Morgan fingerprint density at radius 1 is 1.30 bits per heavy atom. The van der Waals surface area contributed by atoms with Gasteiger partial charge in [-0.05, 0) is 12.1 Å². The molecule has 0 atom stereocenters. The van der Waals surface area contributed by atoms with Crippen molar-refractivity contribution in [3.63, 3.8) is 0 Å². The second kappa shape index (κ2) is 5.54. The van der Waals surface area contributed by atoms with Gasteiger partial charge < -0.3 is 14.8 Å². The third-order valence-corrected chi connectivity index (χ3v) is 2.64. The van der Waals surface area contributed by atoms with Gasteiger partial charge in [0.15, 0.2) is 5.75 Å². The lowest BCUT2D eigenvalue weighted by atomic mass is 10.1. The summed E-state index contributed by atoms with van der Waals surface area (Å²) in [6, 6.07) is 6.12. The standard InChI is InChI=1S/C13H13F3N2O2/c1-17-10-6-8(7-19-2)18-12-9(10)4-3-5-11(12)20-13(14,15)16/h3-6H,7H2,1-2H3,(H,17,18). The number of alkyl halides is 3. The highest BCUT2D eigenvalue weighted by molar-refractivity contribution is 5.95. The SMILES string of the molecule is CNc1cc(COC)nc2c(OC(F)(F)F)cccc12. The maximum Gasteiger partial charge on any atom is 0.573 e. The van der Waals surface area contributed by atoms with E-state index in [0.29, 0.717) is 16.8 Å². The van der Waals surface area contributed by atoms with Crippen molar-refractivity contribution < 1.29 is 22.6 Å². The maximum absolute atomic E-state index is 12.4. The van der Waals surface area contributed by atoms with E-state index in [1.54, 1.807) is 19.2 Å². The van der Waals surface area contributed by atoms with Crippen molar-refractivity contribution in [2.24, 2.45) is 0 Å². The molecule has 1 aromatic carbocycles. The Morgan fingerprint density at radius 2 is 2.05 bits per heavy atom. The van der Waals surface area contributed by atoms with Crippen LogP contribution in [-0.4, -0.2) is 25.5 Å². The number of aromatic nitrogens is 1. The topological polar surface area (TPSA) is 43.4 Å². The van der Waals surface area contributed by atoms with E-state index in [-0.39, 0.29) is 17.9 Å². The molecular weight excluding hydrogens is 273 g/mol. The zero-order valence-corrected chi connectivity index (χ0v) is 10.9. The number of ether oxygens (including phenoxy) is 2. The van der Waals surface area contributed by atoms with Crippen LogP contribution in [0, 0.1) is 0 Å². The third kappa shape index (κ3) is 3.11. The minimum Gasteiger partial charge on any atom is -0.403 e. The van der Waals surface area contributed by atoms with Crippen LogP contribution in [-0.2, 0) is 11.3 Å². The molecule has 20 heavy (non-hydrogen) atoms. The van der Waals surface area contributed by atoms with E-state index in [4.69, 9.17) is 4.74 Å². The van der Waals surface area contributed by atoms with Crippen molar-refractivity contribution in [3.8, 4) is 5.75 Å². The van der Waals surface area contributed by atoms with E-state index in [0.717, 1.165) is 0 Å². The molecule has 0 spiro atoms. The summed E-state index contributed by atoms with van der Waals surface area (Å²) in [7, 11) is 3.17. The first-order valence-electron chi connectivity index (χ1n) is 5.79. The van der Waals surface area contributed by atoms with Gasteiger partial charge in [-0.2, -0.15) is 0 Å². The van der Waals surface area contributed by atoms with Crippen LogP contribution in [0.1, 0.15) is 5.69 Å². The number of methoxy groups -OCH3 is 1. The zero-order chi connectivity index (χ0) is 14.8. The monoisotopic (exact) mass is 286 g/mol. The molecule has 1 heterocycles. The molecule has 7 heteroatoms. The van der Waals surface area contributed by atoms with E-state index in [2.05, 4.69) is 15.0 Å². The van der Waals surface area contributed by atoms with Crippen LogP contribution in [0.25, 0.3) is 10.9 Å². The van der Waals surface area contributed by atoms with Crippen molar-refractivity contribution in [2.75, 3.05) is 19.5 Å². The predicted molar refractivity (Wildman–Crippen MR) is 68.7 cm³/mol. The van der Waals surface area contributed by atoms with Gasteiger partial charge in [-0.15, -0.1) is 13.2 Å². The molecular formula is C13H13F3N2O2. The minimum absolute atomic E-state index is 0.142. The smallest absolute Gasteiger partial charge is 0.403 e. The Morgan fingerprint density at radius 3 is 2.65 bits per heavy atom. The third-order valence-electron chi connectivity index (χ3n) is 2.64. The number of nitrogens with zero attached hydrogens (tertiary/aromatic N) is 1. The maximum atomic E-state index is 12.4. The average Bonchev–Trinajstić information content (AvgIpc) is 2.37. The molecule has 0 amide bonds. The summed E-state index contributed by atoms with van der Waals surface area (Å²) in [6.07, 6.45) is -4.76. The molecule has 1 aromatic heterocycles. The summed E-state index contributed by atoms with van der Waals surface area (Å²) in [4.78, 5) is 4.17. The predicted octanol–water partition coefficient (Wildman–Crippen LogP) is 3.32. The summed E-state index contributed by atoms with van der Waals surface area (Å²) < 4.78 is 46.2. The quantitative estimate of drug-likeness (QED) is 0.936. The van der Waals surface area contributed by atoms with Gasteiger partial charge in [-0.3, -0.25) is 0 Å². The van der Waals surface area contributed by atoms with Gasteiger partial charge in [0.05, 0.1) is 12.3 Å². The molecule has 0 saturated heterocycles. The number of benzene rings is 1. The zero-order valence-electron chi connectivity index (χ0n) is 10.9. The van der Waals surface area contributed by atoms with Gasteiger partial charge in [0.1, 0.15) is 5.52 Å². The Hall–Kier alpha value is -2.02. The lowest BCUT2D eigenvalue weighted by Crippen LogP contribution is -2.17. The number of hydrogen-bond acceptors (Lipinski definition) is 4. The lowest BCUT2D eigenvalue weighted by molar-refractivity contribution is -0.274. The Balaban J connectivity index is 2.61. The second-order valence-electron chi connectivity index (χ2n) is 4.04. The molecule has 108 valence electrons. The molecule has 2 aromatic rings. The number of rotatable bonds is 4. The number of para-hydroxylation sites is 1. The number of nitrogens with one attached hydrogen (secondary N) is 1. The Bertz CT molecular complexity index is 614. The summed E-state index contributed by atoms with van der Waals surface area (Å²) in [6.45, 7) is 0.199. The van der Waals surface area contributed by atoms with Crippen molar-refractivity contribution in [3.05, 3.63) is 30.0 Å². The second-order valence-corrected chi connectivity index (χ2v) is 4.04. The molecule has 0 bridgehead atoms. The van der Waals surface area contributed by atoms with Gasteiger partial charge in [0.2, 0.25) is 0 Å². The first-order valence-corrected chi connectivity index (χ1v) is 5.79. The van der Waals surface area contributed by atoms with Crippen LogP contribution in [0.4, 0.5) is 18.9 Å². The fourth-order valence-electron chi connectivity index (χ4n) is 1.91. The average molecular weight is 286 g/mol. The summed E-state index contributed by atoms with van der Waals surface area (Å²) >= 11 is 0. The van der Waals surface area contributed by atoms with E-state index in [1.165, 1.54) is 19.2 Å². The van der Waals surface area contributed by atoms with Gasteiger partial charge in [0, 0.05) is 25.2 Å². The molecule has 0 radical (unpaired) electrons. The first kappa shape index (κ1) is 14.4. The normalized spacial score (nSPS) is 11.7. The van der Waals surface area contributed by atoms with Crippen molar-refractivity contribution in [1.29, 1.82) is 0 Å². The summed E-state index contributed by atoms with van der Waals surface area (Å²) in [5, 5.41) is 3.48. The van der Waals surface area contributed by atoms with Crippen LogP contribution >= 0.6 is 0 Å². The minimum atomic E-state index is -4.76. The van der Waals surface area contributed by atoms with Crippen LogP contribution < -0.4 is 10.1 Å². The molecule has 4 nitrogen and oxygen atoms in total. The van der Waals surface area contributed by atoms with E-state index >= 15 is 0 Å². The van der Waals surface area contributed by atoms with Gasteiger partial charge in [-0.1, -0.05) is 12.1 Å². The number of halogens is 3. The molecule has 0 unspecified atom stereocenters. The van der Waals surface area contributed by atoms with Gasteiger partial charge in [-0.25, -0.2) is 4.98 Å².